The third-order valence-electron chi connectivity index (χ3n) is 2.21. The van der Waals surface area contributed by atoms with E-state index >= 15 is 0 Å². The standard InChI is InChI=1S/C10H24N2/c1-4-6-7-8-10(11-3)9-12-5-2/h10-12H,4-9H2,1-3H3. The van der Waals surface area contributed by atoms with Crippen molar-refractivity contribution in [3.63, 3.8) is 0 Å². The average Bonchev–Trinajstić information content (AvgIpc) is 2.11. The zero-order valence-electron chi connectivity index (χ0n) is 8.82. The van der Waals surface area contributed by atoms with Gasteiger partial charge in [-0.1, -0.05) is 33.1 Å². The van der Waals surface area contributed by atoms with Crippen molar-refractivity contribution >= 4 is 0 Å². The lowest BCUT2D eigenvalue weighted by atomic mass is 10.1. The van der Waals surface area contributed by atoms with Crippen LogP contribution in [0.25, 0.3) is 0 Å². The summed E-state index contributed by atoms with van der Waals surface area (Å²) in [4.78, 5) is 0. The van der Waals surface area contributed by atoms with Gasteiger partial charge < -0.3 is 10.6 Å². The molecule has 0 aromatic rings. The molecule has 0 saturated heterocycles. The van der Waals surface area contributed by atoms with Crippen molar-refractivity contribution in [2.75, 3.05) is 20.1 Å². The van der Waals surface area contributed by atoms with Crippen LogP contribution in [-0.4, -0.2) is 26.2 Å². The Morgan fingerprint density at radius 1 is 1.17 bits per heavy atom. The Morgan fingerprint density at radius 2 is 1.92 bits per heavy atom. The second-order valence-corrected chi connectivity index (χ2v) is 3.29. The molecule has 1 unspecified atom stereocenters. The van der Waals surface area contributed by atoms with E-state index in [-0.39, 0.29) is 0 Å². The Morgan fingerprint density at radius 3 is 2.42 bits per heavy atom. The maximum absolute atomic E-state index is 3.36. The summed E-state index contributed by atoms with van der Waals surface area (Å²) in [5.41, 5.74) is 0. The summed E-state index contributed by atoms with van der Waals surface area (Å²) < 4.78 is 0. The molecule has 0 bridgehead atoms. The summed E-state index contributed by atoms with van der Waals surface area (Å²) in [6.45, 7) is 6.58. The number of hydrogen-bond donors (Lipinski definition) is 2. The molecule has 0 aliphatic heterocycles. The van der Waals surface area contributed by atoms with Crippen LogP contribution in [0.5, 0.6) is 0 Å². The first kappa shape index (κ1) is 11.9. The lowest BCUT2D eigenvalue weighted by Gasteiger charge is -2.15. The minimum Gasteiger partial charge on any atom is -0.316 e. The lowest BCUT2D eigenvalue weighted by molar-refractivity contribution is 0.464. The molecule has 0 aliphatic carbocycles. The highest BCUT2D eigenvalue weighted by Crippen LogP contribution is 2.02. The van der Waals surface area contributed by atoms with Gasteiger partial charge in [-0.05, 0) is 20.0 Å². The van der Waals surface area contributed by atoms with E-state index in [1.165, 1.54) is 25.7 Å². The molecule has 0 rings (SSSR count). The first-order valence-electron chi connectivity index (χ1n) is 5.23. The monoisotopic (exact) mass is 172 g/mol. The molecule has 0 amide bonds. The zero-order valence-corrected chi connectivity index (χ0v) is 8.82. The van der Waals surface area contributed by atoms with Gasteiger partial charge >= 0.3 is 0 Å². The van der Waals surface area contributed by atoms with E-state index in [1.54, 1.807) is 0 Å². The normalized spacial score (nSPS) is 13.2. The van der Waals surface area contributed by atoms with Crippen molar-refractivity contribution in [1.29, 1.82) is 0 Å². The molecule has 0 spiro atoms. The van der Waals surface area contributed by atoms with Crippen molar-refractivity contribution in [2.45, 2.75) is 45.6 Å². The molecule has 0 aromatic carbocycles. The van der Waals surface area contributed by atoms with Gasteiger partial charge in [-0.25, -0.2) is 0 Å². The molecular formula is C10H24N2. The number of unbranched alkanes of at least 4 members (excludes halogenated alkanes) is 2. The van der Waals surface area contributed by atoms with Crippen LogP contribution in [0.15, 0.2) is 0 Å². The van der Waals surface area contributed by atoms with Crippen LogP contribution in [0.3, 0.4) is 0 Å². The van der Waals surface area contributed by atoms with E-state index in [0.717, 1.165) is 13.1 Å². The van der Waals surface area contributed by atoms with Gasteiger partial charge in [-0.3, -0.25) is 0 Å². The molecule has 0 fully saturated rings. The molecule has 2 N–H and O–H groups in total. The molecule has 0 radical (unpaired) electrons. The third kappa shape index (κ3) is 6.62. The highest BCUT2D eigenvalue weighted by molar-refractivity contribution is 4.66. The van der Waals surface area contributed by atoms with Gasteiger partial charge in [0.2, 0.25) is 0 Å². The molecular weight excluding hydrogens is 148 g/mol. The quantitative estimate of drug-likeness (QED) is 0.545. The van der Waals surface area contributed by atoms with E-state index in [4.69, 9.17) is 0 Å². The minimum atomic E-state index is 0.663. The predicted molar refractivity (Wildman–Crippen MR) is 55.5 cm³/mol. The first-order chi connectivity index (χ1) is 5.85. The van der Waals surface area contributed by atoms with Gasteiger partial charge in [-0.2, -0.15) is 0 Å². The molecule has 1 atom stereocenters. The van der Waals surface area contributed by atoms with Gasteiger partial charge in [0.1, 0.15) is 0 Å². The molecule has 0 aromatic heterocycles. The van der Waals surface area contributed by atoms with Crippen LogP contribution in [-0.2, 0) is 0 Å². The summed E-state index contributed by atoms with van der Waals surface area (Å²) in [6.07, 6.45) is 5.34. The van der Waals surface area contributed by atoms with Gasteiger partial charge in [0.15, 0.2) is 0 Å². The van der Waals surface area contributed by atoms with Crippen LogP contribution in [0.4, 0.5) is 0 Å². The second-order valence-electron chi connectivity index (χ2n) is 3.29. The molecule has 0 aliphatic rings. The van der Waals surface area contributed by atoms with Crippen molar-refractivity contribution in [3.05, 3.63) is 0 Å². The summed E-state index contributed by atoms with van der Waals surface area (Å²) >= 11 is 0. The van der Waals surface area contributed by atoms with Gasteiger partial charge in [0.05, 0.1) is 0 Å². The van der Waals surface area contributed by atoms with E-state index in [9.17, 15) is 0 Å². The van der Waals surface area contributed by atoms with Crippen LogP contribution in [0, 0.1) is 0 Å². The Balaban J connectivity index is 3.26. The van der Waals surface area contributed by atoms with E-state index < -0.39 is 0 Å². The maximum atomic E-state index is 3.36. The number of likely N-dealkylation sites (N-methyl/N-ethyl adjacent to an activating group) is 2. The van der Waals surface area contributed by atoms with E-state index in [1.807, 2.05) is 7.05 Å². The zero-order chi connectivity index (χ0) is 9.23. The summed E-state index contributed by atoms with van der Waals surface area (Å²) in [6, 6.07) is 0.663. The molecule has 0 saturated carbocycles. The number of rotatable bonds is 8. The topological polar surface area (TPSA) is 24.1 Å². The van der Waals surface area contributed by atoms with Crippen molar-refractivity contribution in [2.24, 2.45) is 0 Å². The Labute approximate surface area is 77.1 Å². The van der Waals surface area contributed by atoms with Crippen molar-refractivity contribution < 1.29 is 0 Å². The third-order valence-corrected chi connectivity index (χ3v) is 2.21. The predicted octanol–water partition coefficient (Wildman–Crippen LogP) is 1.76. The smallest absolute Gasteiger partial charge is 0.0189 e. The molecule has 0 heterocycles. The summed E-state index contributed by atoms with van der Waals surface area (Å²) in [7, 11) is 2.05. The van der Waals surface area contributed by atoms with Crippen LogP contribution in [0.2, 0.25) is 0 Å². The van der Waals surface area contributed by atoms with Gasteiger partial charge in [-0.15, -0.1) is 0 Å². The Bertz CT molecular complexity index is 83.9. The van der Waals surface area contributed by atoms with Crippen LogP contribution in [0.1, 0.15) is 39.5 Å². The highest BCUT2D eigenvalue weighted by Gasteiger charge is 2.03. The summed E-state index contributed by atoms with van der Waals surface area (Å²) in [5, 5.41) is 6.70. The summed E-state index contributed by atoms with van der Waals surface area (Å²) in [5.74, 6) is 0. The molecule has 2 heteroatoms. The van der Waals surface area contributed by atoms with Gasteiger partial charge in [0, 0.05) is 12.6 Å². The van der Waals surface area contributed by atoms with Crippen LogP contribution < -0.4 is 10.6 Å². The van der Waals surface area contributed by atoms with Crippen molar-refractivity contribution in [1.82, 2.24) is 10.6 Å². The maximum Gasteiger partial charge on any atom is 0.0189 e. The molecule has 2 nitrogen and oxygen atoms in total. The van der Waals surface area contributed by atoms with E-state index in [0.29, 0.717) is 6.04 Å². The largest absolute Gasteiger partial charge is 0.316 e. The fourth-order valence-corrected chi connectivity index (χ4v) is 1.31. The number of nitrogens with one attached hydrogen (secondary N) is 2. The molecule has 12 heavy (non-hydrogen) atoms. The first-order valence-corrected chi connectivity index (χ1v) is 5.23. The van der Waals surface area contributed by atoms with Crippen molar-refractivity contribution in [3.8, 4) is 0 Å². The minimum absolute atomic E-state index is 0.663. The fourth-order valence-electron chi connectivity index (χ4n) is 1.31. The Hall–Kier alpha value is -0.0800. The SMILES string of the molecule is CCCCCC(CNCC)NC. The second kappa shape index (κ2) is 9.01. The van der Waals surface area contributed by atoms with E-state index in [2.05, 4.69) is 24.5 Å². The lowest BCUT2D eigenvalue weighted by Crippen LogP contribution is -2.36. The Kier molecular flexibility index (Phi) is 8.95. The van der Waals surface area contributed by atoms with Gasteiger partial charge in [0.25, 0.3) is 0 Å². The molecule has 74 valence electrons. The fraction of sp³-hybridized carbons (Fsp3) is 1.00. The highest BCUT2D eigenvalue weighted by atomic mass is 15.0. The number of hydrogen-bond acceptors (Lipinski definition) is 2. The average molecular weight is 172 g/mol. The van der Waals surface area contributed by atoms with Crippen LogP contribution >= 0.6 is 0 Å².